The molecule has 32 heavy (non-hydrogen) atoms. The highest BCUT2D eigenvalue weighted by Gasteiger charge is 2.17. The maximum absolute atomic E-state index is 13.2. The molecule has 0 radical (unpaired) electrons. The van der Waals surface area contributed by atoms with Gasteiger partial charge in [0.25, 0.3) is 5.91 Å². The topological polar surface area (TPSA) is 41.1 Å². The number of nitrogens with one attached hydrogen (secondary N) is 2. The van der Waals surface area contributed by atoms with E-state index >= 15 is 0 Å². The van der Waals surface area contributed by atoms with Gasteiger partial charge in [0, 0.05) is 17.8 Å². The van der Waals surface area contributed by atoms with E-state index in [0.717, 1.165) is 28.8 Å². The first-order chi connectivity index (χ1) is 15.7. The van der Waals surface area contributed by atoms with Crippen molar-refractivity contribution in [3.8, 4) is 0 Å². The lowest BCUT2D eigenvalue weighted by molar-refractivity contribution is 0.0943. The molecule has 0 aliphatic carbocycles. The number of aryl methyl sites for hydroxylation is 1. The number of anilines is 1. The van der Waals surface area contributed by atoms with E-state index in [1.54, 1.807) is 0 Å². The van der Waals surface area contributed by atoms with Crippen LogP contribution in [0.4, 0.5) is 5.69 Å². The van der Waals surface area contributed by atoms with Crippen molar-refractivity contribution >= 4 is 11.6 Å². The van der Waals surface area contributed by atoms with Crippen molar-refractivity contribution in [2.75, 3.05) is 5.32 Å². The molecule has 3 nitrogen and oxygen atoms in total. The van der Waals surface area contributed by atoms with Crippen LogP contribution in [-0.4, -0.2) is 5.91 Å². The molecule has 0 saturated carbocycles. The summed E-state index contributed by atoms with van der Waals surface area (Å²) in [6, 6.07) is 36.1. The molecule has 0 aliphatic heterocycles. The van der Waals surface area contributed by atoms with Gasteiger partial charge in [0.15, 0.2) is 0 Å². The van der Waals surface area contributed by atoms with Crippen molar-refractivity contribution in [2.45, 2.75) is 25.9 Å². The van der Waals surface area contributed by atoms with E-state index in [1.165, 1.54) is 5.56 Å². The number of hydrogen-bond donors (Lipinski definition) is 2. The summed E-state index contributed by atoms with van der Waals surface area (Å²) in [5.74, 6) is -0.0847. The second-order valence-electron chi connectivity index (χ2n) is 7.79. The quantitative estimate of drug-likeness (QED) is 0.347. The molecule has 0 fully saturated rings. The molecule has 0 atom stereocenters. The summed E-state index contributed by atoms with van der Waals surface area (Å²) in [7, 11) is 0. The summed E-state index contributed by atoms with van der Waals surface area (Å²) < 4.78 is 0. The number of amides is 1. The van der Waals surface area contributed by atoms with Crippen LogP contribution in [0.1, 0.15) is 45.6 Å². The Morgan fingerprint density at radius 1 is 0.750 bits per heavy atom. The molecule has 0 aromatic heterocycles. The van der Waals surface area contributed by atoms with Gasteiger partial charge in [-0.1, -0.05) is 97.9 Å². The Hall–Kier alpha value is -3.85. The third kappa shape index (κ3) is 5.25. The number of carbonyl (C=O) groups excluding carboxylic acids is 1. The molecule has 4 aromatic carbocycles. The van der Waals surface area contributed by atoms with Crippen LogP contribution in [0, 0.1) is 0 Å². The van der Waals surface area contributed by atoms with Crippen molar-refractivity contribution in [1.82, 2.24) is 5.32 Å². The molecule has 1 amide bonds. The van der Waals surface area contributed by atoms with Crippen molar-refractivity contribution in [3.05, 3.63) is 137 Å². The summed E-state index contributed by atoms with van der Waals surface area (Å²) in [5.41, 5.74) is 6.26. The average molecular weight is 421 g/mol. The van der Waals surface area contributed by atoms with Gasteiger partial charge in [-0.05, 0) is 46.9 Å². The molecule has 0 bridgehead atoms. The minimum Gasteiger partial charge on any atom is -0.381 e. The van der Waals surface area contributed by atoms with E-state index in [0.29, 0.717) is 12.1 Å². The highest BCUT2D eigenvalue weighted by molar-refractivity contribution is 5.94. The maximum atomic E-state index is 13.2. The third-order valence-electron chi connectivity index (χ3n) is 5.61. The van der Waals surface area contributed by atoms with Crippen LogP contribution in [0.2, 0.25) is 0 Å². The monoisotopic (exact) mass is 420 g/mol. The second kappa shape index (κ2) is 10.5. The minimum atomic E-state index is -0.205. The smallest absolute Gasteiger partial charge is 0.252 e. The first-order valence-electron chi connectivity index (χ1n) is 11.1. The zero-order valence-corrected chi connectivity index (χ0v) is 18.3. The average Bonchev–Trinajstić information content (AvgIpc) is 2.87. The van der Waals surface area contributed by atoms with Crippen LogP contribution in [-0.2, 0) is 13.0 Å². The van der Waals surface area contributed by atoms with Crippen molar-refractivity contribution in [2.24, 2.45) is 0 Å². The van der Waals surface area contributed by atoms with Gasteiger partial charge in [-0.25, -0.2) is 0 Å². The first kappa shape index (κ1) is 21.4. The van der Waals surface area contributed by atoms with Gasteiger partial charge in [0.1, 0.15) is 0 Å². The highest BCUT2D eigenvalue weighted by Crippen LogP contribution is 2.23. The molecule has 0 unspecified atom stereocenters. The zero-order chi connectivity index (χ0) is 22.2. The van der Waals surface area contributed by atoms with Gasteiger partial charge in [-0.2, -0.15) is 0 Å². The molecular weight excluding hydrogens is 392 g/mol. The SMILES string of the molecule is CCc1ccccc1NCc1cccc(C(=O)NC(c2ccccc2)c2ccccc2)c1. The van der Waals surface area contributed by atoms with Gasteiger partial charge in [-0.15, -0.1) is 0 Å². The van der Waals surface area contributed by atoms with Crippen LogP contribution in [0.25, 0.3) is 0 Å². The second-order valence-corrected chi connectivity index (χ2v) is 7.79. The summed E-state index contributed by atoms with van der Waals surface area (Å²) in [5, 5.41) is 6.73. The van der Waals surface area contributed by atoms with Crippen molar-refractivity contribution < 1.29 is 4.79 Å². The number of rotatable bonds is 8. The van der Waals surface area contributed by atoms with E-state index in [-0.39, 0.29) is 11.9 Å². The van der Waals surface area contributed by atoms with Crippen LogP contribution in [0.5, 0.6) is 0 Å². The highest BCUT2D eigenvalue weighted by atomic mass is 16.1. The number of para-hydroxylation sites is 1. The van der Waals surface area contributed by atoms with E-state index in [2.05, 4.69) is 35.8 Å². The Balaban J connectivity index is 1.51. The molecule has 160 valence electrons. The molecule has 0 aliphatic rings. The zero-order valence-electron chi connectivity index (χ0n) is 18.3. The predicted molar refractivity (Wildman–Crippen MR) is 132 cm³/mol. The predicted octanol–water partition coefficient (Wildman–Crippen LogP) is 6.38. The van der Waals surface area contributed by atoms with E-state index in [4.69, 9.17) is 0 Å². The lowest BCUT2D eigenvalue weighted by Crippen LogP contribution is -2.29. The lowest BCUT2D eigenvalue weighted by Gasteiger charge is -2.20. The molecule has 0 spiro atoms. The largest absolute Gasteiger partial charge is 0.381 e. The van der Waals surface area contributed by atoms with Gasteiger partial charge in [0.05, 0.1) is 6.04 Å². The Morgan fingerprint density at radius 2 is 1.38 bits per heavy atom. The molecule has 4 rings (SSSR count). The number of carbonyl (C=O) groups is 1. The molecule has 0 heterocycles. The molecule has 0 saturated heterocycles. The van der Waals surface area contributed by atoms with Crippen LogP contribution >= 0.6 is 0 Å². The summed E-state index contributed by atoms with van der Waals surface area (Å²) >= 11 is 0. The van der Waals surface area contributed by atoms with Crippen molar-refractivity contribution in [3.63, 3.8) is 0 Å². The molecular formula is C29H28N2O. The lowest BCUT2D eigenvalue weighted by atomic mass is 9.98. The van der Waals surface area contributed by atoms with E-state index < -0.39 is 0 Å². The molecule has 3 heteroatoms. The minimum absolute atomic E-state index is 0.0847. The van der Waals surface area contributed by atoms with Crippen LogP contribution in [0.3, 0.4) is 0 Å². The van der Waals surface area contributed by atoms with Gasteiger partial charge >= 0.3 is 0 Å². The third-order valence-corrected chi connectivity index (χ3v) is 5.61. The van der Waals surface area contributed by atoms with E-state index in [9.17, 15) is 4.79 Å². The summed E-state index contributed by atoms with van der Waals surface area (Å²) in [4.78, 5) is 13.2. The van der Waals surface area contributed by atoms with Gasteiger partial charge in [-0.3, -0.25) is 4.79 Å². The fraction of sp³-hybridized carbons (Fsp3) is 0.138. The Labute approximate surface area is 190 Å². The van der Waals surface area contributed by atoms with Gasteiger partial charge < -0.3 is 10.6 Å². The Morgan fingerprint density at radius 3 is 2.03 bits per heavy atom. The Kier molecular flexibility index (Phi) is 6.98. The van der Waals surface area contributed by atoms with Crippen molar-refractivity contribution in [1.29, 1.82) is 0 Å². The molecule has 4 aromatic rings. The standard InChI is InChI=1S/C29H28N2O/c1-2-23-13-9-10-19-27(23)30-21-22-12-11-18-26(20-22)29(32)31-28(24-14-5-3-6-15-24)25-16-7-4-8-17-25/h3-20,28,30H,2,21H2,1H3,(H,31,32). The fourth-order valence-electron chi connectivity index (χ4n) is 3.89. The fourth-order valence-corrected chi connectivity index (χ4v) is 3.89. The van der Waals surface area contributed by atoms with Crippen LogP contribution < -0.4 is 10.6 Å². The maximum Gasteiger partial charge on any atom is 0.252 e. The number of hydrogen-bond acceptors (Lipinski definition) is 2. The van der Waals surface area contributed by atoms with Crippen LogP contribution in [0.15, 0.2) is 109 Å². The summed E-state index contributed by atoms with van der Waals surface area (Å²) in [6.07, 6.45) is 0.978. The number of benzene rings is 4. The molecule has 2 N–H and O–H groups in total. The first-order valence-corrected chi connectivity index (χ1v) is 11.1. The normalized spacial score (nSPS) is 10.7. The summed E-state index contributed by atoms with van der Waals surface area (Å²) in [6.45, 7) is 2.82. The van der Waals surface area contributed by atoms with E-state index in [1.807, 2.05) is 91.0 Å². The van der Waals surface area contributed by atoms with Gasteiger partial charge in [0.2, 0.25) is 0 Å². The Bertz CT molecular complexity index is 1120.